The van der Waals surface area contributed by atoms with E-state index in [1.807, 2.05) is 0 Å². The lowest BCUT2D eigenvalue weighted by molar-refractivity contribution is 0.0240. The minimum absolute atomic E-state index is 0.120. The van der Waals surface area contributed by atoms with Gasteiger partial charge in [-0.15, -0.1) is 0 Å². The maximum atomic E-state index is 12.0. The van der Waals surface area contributed by atoms with E-state index in [0.29, 0.717) is 12.2 Å². The van der Waals surface area contributed by atoms with Crippen molar-refractivity contribution in [1.29, 1.82) is 0 Å². The van der Waals surface area contributed by atoms with Gasteiger partial charge in [0.2, 0.25) is 0 Å². The molecule has 20 heavy (non-hydrogen) atoms. The Bertz CT molecular complexity index is 625. The van der Waals surface area contributed by atoms with Crippen molar-refractivity contribution >= 4 is 11.9 Å². The van der Waals surface area contributed by atoms with Crippen LogP contribution in [0.1, 0.15) is 49.3 Å². The van der Waals surface area contributed by atoms with Gasteiger partial charge < -0.3 is 9.72 Å². The number of pyridine rings is 1. The number of H-pyrrole nitrogens is 1. The first-order valence-corrected chi connectivity index (χ1v) is 6.41. The molecule has 1 aromatic heterocycles. The maximum Gasteiger partial charge on any atom is 0.410 e. The molecule has 6 heteroatoms. The van der Waals surface area contributed by atoms with Crippen LogP contribution in [0, 0.1) is 0 Å². The fraction of sp³-hybridized carbons (Fsp3) is 0.500. The molecule has 1 aromatic rings. The Morgan fingerprint density at radius 1 is 1.30 bits per heavy atom. The molecule has 2 rings (SSSR count). The van der Waals surface area contributed by atoms with E-state index in [4.69, 9.17) is 4.74 Å². The van der Waals surface area contributed by atoms with Gasteiger partial charge in [-0.2, -0.15) is 0 Å². The van der Waals surface area contributed by atoms with Gasteiger partial charge in [0.1, 0.15) is 5.60 Å². The van der Waals surface area contributed by atoms with Gasteiger partial charge in [-0.25, -0.2) is 4.79 Å². The number of carbonyl (C=O) groups excluding carboxylic acids is 2. The second kappa shape index (κ2) is 4.77. The second-order valence-electron chi connectivity index (χ2n) is 5.91. The summed E-state index contributed by atoms with van der Waals surface area (Å²) in [6, 6.07) is 1.56. The summed E-state index contributed by atoms with van der Waals surface area (Å²) in [4.78, 5) is 39.2. The average molecular weight is 278 g/mol. The molecule has 6 nitrogen and oxygen atoms in total. The smallest absolute Gasteiger partial charge is 0.410 e. The fourth-order valence-corrected chi connectivity index (χ4v) is 2.06. The van der Waals surface area contributed by atoms with Crippen molar-refractivity contribution in [3.8, 4) is 0 Å². The van der Waals surface area contributed by atoms with Crippen LogP contribution >= 0.6 is 0 Å². The molecule has 0 aliphatic carbocycles. The number of ketones is 1. The average Bonchev–Trinajstić information content (AvgIpc) is 2.68. The third-order valence-electron chi connectivity index (χ3n) is 2.96. The van der Waals surface area contributed by atoms with Crippen LogP contribution in [0.4, 0.5) is 4.79 Å². The van der Waals surface area contributed by atoms with Crippen LogP contribution in [0.5, 0.6) is 0 Å². The fourth-order valence-electron chi connectivity index (χ4n) is 2.06. The van der Waals surface area contributed by atoms with Crippen LogP contribution in [0.2, 0.25) is 0 Å². The van der Waals surface area contributed by atoms with Gasteiger partial charge >= 0.3 is 6.09 Å². The lowest BCUT2D eigenvalue weighted by Crippen LogP contribution is -2.33. The van der Waals surface area contributed by atoms with E-state index in [0.717, 1.165) is 5.56 Å². The summed E-state index contributed by atoms with van der Waals surface area (Å²) in [5.74, 6) is -0.287. The molecule has 0 aromatic carbocycles. The first-order valence-electron chi connectivity index (χ1n) is 6.41. The molecular formula is C14H18N2O4. The monoisotopic (exact) mass is 278 g/mol. The summed E-state index contributed by atoms with van der Waals surface area (Å²) in [6.07, 6.45) is -0.432. The summed E-state index contributed by atoms with van der Waals surface area (Å²) >= 11 is 0. The van der Waals surface area contributed by atoms with Crippen molar-refractivity contribution in [2.24, 2.45) is 0 Å². The molecule has 0 saturated heterocycles. The van der Waals surface area contributed by atoms with Gasteiger partial charge in [-0.3, -0.25) is 14.5 Å². The van der Waals surface area contributed by atoms with Gasteiger partial charge in [-0.05, 0) is 39.3 Å². The Kier molecular flexibility index (Phi) is 3.41. The minimum atomic E-state index is -0.566. The van der Waals surface area contributed by atoms with Crippen molar-refractivity contribution in [3.05, 3.63) is 33.2 Å². The first-order chi connectivity index (χ1) is 9.17. The number of aromatic amines is 1. The predicted molar refractivity (Wildman–Crippen MR) is 72.5 cm³/mol. The number of ether oxygens (including phenoxy) is 1. The van der Waals surface area contributed by atoms with E-state index in [2.05, 4.69) is 4.98 Å². The molecule has 0 atom stereocenters. The number of fused-ring (bicyclic) bond motifs is 1. The number of hydrogen-bond donors (Lipinski definition) is 1. The predicted octanol–water partition coefficient (Wildman–Crippen LogP) is 1.83. The van der Waals surface area contributed by atoms with Crippen LogP contribution in [0.25, 0.3) is 0 Å². The number of carbonyl (C=O) groups is 2. The topological polar surface area (TPSA) is 79.5 Å². The standard InChI is InChI=1S/C14H18N2O4/c1-8(17)10-5-9-6-16(7-11(9)15-12(10)18)13(19)20-14(2,3)4/h5H,6-7H2,1-4H3,(H,15,18). The molecule has 0 spiro atoms. The zero-order valence-corrected chi connectivity index (χ0v) is 12.1. The molecule has 108 valence electrons. The highest BCUT2D eigenvalue weighted by Gasteiger charge is 2.29. The van der Waals surface area contributed by atoms with Gasteiger partial charge in [0.15, 0.2) is 5.78 Å². The lowest BCUT2D eigenvalue weighted by atomic mass is 10.1. The molecule has 1 aliphatic rings. The summed E-state index contributed by atoms with van der Waals surface area (Å²) < 4.78 is 5.29. The minimum Gasteiger partial charge on any atom is -0.444 e. The number of amides is 1. The summed E-state index contributed by atoms with van der Waals surface area (Å²) in [5, 5.41) is 0. The molecule has 0 saturated carbocycles. The summed E-state index contributed by atoms with van der Waals surface area (Å²) in [5.41, 5.74) is 0.577. The number of nitrogens with zero attached hydrogens (tertiary/aromatic N) is 1. The molecule has 1 N–H and O–H groups in total. The van der Waals surface area contributed by atoms with Crippen LogP contribution in [0.3, 0.4) is 0 Å². The third kappa shape index (κ3) is 2.89. The number of aromatic nitrogens is 1. The molecule has 2 heterocycles. The molecule has 0 fully saturated rings. The Morgan fingerprint density at radius 2 is 1.95 bits per heavy atom. The molecule has 0 bridgehead atoms. The van der Waals surface area contributed by atoms with Crippen molar-refractivity contribution in [2.75, 3.05) is 0 Å². The van der Waals surface area contributed by atoms with E-state index in [1.54, 1.807) is 26.8 Å². The first kappa shape index (κ1) is 14.3. The quantitative estimate of drug-likeness (QED) is 0.795. The van der Waals surface area contributed by atoms with Crippen LogP contribution in [-0.4, -0.2) is 27.4 Å². The van der Waals surface area contributed by atoms with Gasteiger partial charge in [-0.1, -0.05) is 0 Å². The SMILES string of the molecule is CC(=O)c1cc2c([nH]c1=O)CN(C(=O)OC(C)(C)C)C2. The number of Topliss-reactive ketones (excluding diaryl/α,β-unsaturated/α-hetero) is 1. The molecular weight excluding hydrogens is 260 g/mol. The number of rotatable bonds is 1. The largest absolute Gasteiger partial charge is 0.444 e. The highest BCUT2D eigenvalue weighted by Crippen LogP contribution is 2.22. The third-order valence-corrected chi connectivity index (χ3v) is 2.96. The van der Waals surface area contributed by atoms with Crippen molar-refractivity contribution < 1.29 is 14.3 Å². The second-order valence-corrected chi connectivity index (χ2v) is 5.91. The summed E-state index contributed by atoms with van der Waals surface area (Å²) in [6.45, 7) is 7.36. The van der Waals surface area contributed by atoms with Gasteiger partial charge in [0.05, 0.1) is 18.7 Å². The Balaban J connectivity index is 2.22. The molecule has 0 radical (unpaired) electrons. The van der Waals surface area contributed by atoms with Crippen LogP contribution < -0.4 is 5.56 Å². The zero-order chi connectivity index (χ0) is 15.1. The van der Waals surface area contributed by atoms with E-state index >= 15 is 0 Å². The highest BCUT2D eigenvalue weighted by atomic mass is 16.6. The Hall–Kier alpha value is -2.11. The van der Waals surface area contributed by atoms with E-state index < -0.39 is 17.3 Å². The van der Waals surface area contributed by atoms with Crippen molar-refractivity contribution in [2.45, 2.75) is 46.4 Å². The van der Waals surface area contributed by atoms with E-state index in [9.17, 15) is 14.4 Å². The number of hydrogen-bond acceptors (Lipinski definition) is 4. The zero-order valence-electron chi connectivity index (χ0n) is 12.1. The van der Waals surface area contributed by atoms with E-state index in [-0.39, 0.29) is 17.9 Å². The van der Waals surface area contributed by atoms with Gasteiger partial charge in [0.25, 0.3) is 5.56 Å². The van der Waals surface area contributed by atoms with Gasteiger partial charge in [0, 0.05) is 5.69 Å². The molecule has 1 amide bonds. The van der Waals surface area contributed by atoms with E-state index in [1.165, 1.54) is 11.8 Å². The Labute approximate surface area is 116 Å². The maximum absolute atomic E-state index is 12.0. The van der Waals surface area contributed by atoms with Crippen molar-refractivity contribution in [3.63, 3.8) is 0 Å². The normalized spacial score (nSPS) is 14.1. The van der Waals surface area contributed by atoms with Crippen molar-refractivity contribution in [1.82, 2.24) is 9.88 Å². The van der Waals surface area contributed by atoms with Crippen LogP contribution in [-0.2, 0) is 17.8 Å². The Morgan fingerprint density at radius 3 is 2.50 bits per heavy atom. The highest BCUT2D eigenvalue weighted by molar-refractivity contribution is 5.93. The molecule has 0 unspecified atom stereocenters. The lowest BCUT2D eigenvalue weighted by Gasteiger charge is -2.23. The molecule has 1 aliphatic heterocycles. The number of nitrogens with one attached hydrogen (secondary N) is 1. The van der Waals surface area contributed by atoms with Crippen LogP contribution in [0.15, 0.2) is 10.9 Å². The summed E-state index contributed by atoms with van der Waals surface area (Å²) in [7, 11) is 0.